The number of aryl methyl sites for hydroxylation is 1. The van der Waals surface area contributed by atoms with Crippen molar-refractivity contribution in [1.82, 2.24) is 9.97 Å². The summed E-state index contributed by atoms with van der Waals surface area (Å²) in [6, 6.07) is 7.49. The number of hydrogen-bond acceptors (Lipinski definition) is 3. The first-order valence-electron chi connectivity index (χ1n) is 6.12. The molecule has 1 aromatic heterocycles. The molecule has 0 saturated heterocycles. The highest BCUT2D eigenvalue weighted by Crippen LogP contribution is 2.28. The highest BCUT2D eigenvalue weighted by Gasteiger charge is 2.10. The maximum Gasteiger partial charge on any atom is 0.130 e. The van der Waals surface area contributed by atoms with Crippen molar-refractivity contribution >= 4 is 29.0 Å². The Morgan fingerprint density at radius 3 is 2.68 bits per heavy atom. The van der Waals surface area contributed by atoms with Crippen molar-refractivity contribution in [1.29, 1.82) is 0 Å². The molecule has 1 unspecified atom stereocenters. The predicted molar refractivity (Wildman–Crippen MR) is 79.9 cm³/mol. The Morgan fingerprint density at radius 1 is 1.21 bits per heavy atom. The number of rotatable bonds is 4. The lowest BCUT2D eigenvalue weighted by Gasteiger charge is -2.16. The third-order valence-electron chi connectivity index (χ3n) is 2.88. The van der Waals surface area contributed by atoms with Gasteiger partial charge in [0.2, 0.25) is 0 Å². The molecule has 0 aliphatic rings. The minimum absolute atomic E-state index is 0.0457. The van der Waals surface area contributed by atoms with Crippen molar-refractivity contribution in [2.75, 3.05) is 5.32 Å². The van der Waals surface area contributed by atoms with Crippen LogP contribution in [0.25, 0.3) is 0 Å². The van der Waals surface area contributed by atoms with Crippen LogP contribution in [0.3, 0.4) is 0 Å². The molecule has 0 amide bonds. The summed E-state index contributed by atoms with van der Waals surface area (Å²) in [6.45, 7) is 4.09. The van der Waals surface area contributed by atoms with Crippen molar-refractivity contribution in [3.63, 3.8) is 0 Å². The minimum Gasteiger partial charge on any atom is -0.363 e. The number of halogens is 2. The lowest BCUT2D eigenvalue weighted by atomic mass is 10.1. The minimum atomic E-state index is 0.0457. The number of hydrogen-bond donors (Lipinski definition) is 1. The van der Waals surface area contributed by atoms with Gasteiger partial charge >= 0.3 is 0 Å². The molecular weight excluding hydrogens is 281 g/mol. The molecule has 19 heavy (non-hydrogen) atoms. The molecular formula is C14H15Cl2N3. The molecule has 1 aromatic carbocycles. The average molecular weight is 296 g/mol. The molecule has 5 heteroatoms. The summed E-state index contributed by atoms with van der Waals surface area (Å²) in [4.78, 5) is 8.38. The number of nitrogens with one attached hydrogen (secondary N) is 1. The van der Waals surface area contributed by atoms with E-state index in [0.29, 0.717) is 10.0 Å². The summed E-state index contributed by atoms with van der Waals surface area (Å²) < 4.78 is 0. The Kier molecular flexibility index (Phi) is 4.61. The second-order valence-corrected chi connectivity index (χ2v) is 5.12. The van der Waals surface area contributed by atoms with Crippen LogP contribution in [0.5, 0.6) is 0 Å². The first kappa shape index (κ1) is 14.1. The van der Waals surface area contributed by atoms with Crippen LogP contribution >= 0.6 is 23.2 Å². The van der Waals surface area contributed by atoms with Crippen LogP contribution in [0, 0.1) is 0 Å². The fraction of sp³-hybridized carbons (Fsp3) is 0.286. The van der Waals surface area contributed by atoms with Crippen molar-refractivity contribution in [3.05, 3.63) is 51.9 Å². The summed E-state index contributed by atoms with van der Waals surface area (Å²) >= 11 is 12.1. The summed E-state index contributed by atoms with van der Waals surface area (Å²) in [5, 5.41) is 4.60. The molecule has 2 rings (SSSR count). The highest BCUT2D eigenvalue weighted by atomic mass is 35.5. The zero-order chi connectivity index (χ0) is 13.8. The van der Waals surface area contributed by atoms with E-state index < -0.39 is 0 Å². The number of benzene rings is 1. The molecule has 0 radical (unpaired) electrons. The van der Waals surface area contributed by atoms with Gasteiger partial charge in [0, 0.05) is 21.8 Å². The standard InChI is InChI=1S/C14H15Cl2N3/c1-3-11-7-14(18-8-17-11)19-9(2)12-5-4-10(15)6-13(12)16/h4-9H,3H2,1-2H3,(H,17,18,19). The van der Waals surface area contributed by atoms with E-state index in [0.717, 1.165) is 23.5 Å². The largest absolute Gasteiger partial charge is 0.363 e. The quantitative estimate of drug-likeness (QED) is 0.901. The lowest BCUT2D eigenvalue weighted by molar-refractivity contribution is 0.867. The van der Waals surface area contributed by atoms with Gasteiger partial charge in [0.1, 0.15) is 12.1 Å². The zero-order valence-corrected chi connectivity index (χ0v) is 12.3. The van der Waals surface area contributed by atoms with E-state index in [2.05, 4.69) is 22.2 Å². The Labute approximate surface area is 123 Å². The Bertz CT molecular complexity index is 572. The van der Waals surface area contributed by atoms with Gasteiger partial charge in [0.05, 0.1) is 6.04 Å². The maximum absolute atomic E-state index is 6.19. The first-order valence-corrected chi connectivity index (χ1v) is 6.88. The molecule has 3 nitrogen and oxygen atoms in total. The maximum atomic E-state index is 6.19. The van der Waals surface area contributed by atoms with E-state index in [4.69, 9.17) is 23.2 Å². The van der Waals surface area contributed by atoms with E-state index >= 15 is 0 Å². The Morgan fingerprint density at radius 2 is 2.00 bits per heavy atom. The van der Waals surface area contributed by atoms with Crippen LogP contribution in [0.2, 0.25) is 10.0 Å². The van der Waals surface area contributed by atoms with E-state index in [1.165, 1.54) is 0 Å². The van der Waals surface area contributed by atoms with Gasteiger partial charge in [-0.25, -0.2) is 9.97 Å². The van der Waals surface area contributed by atoms with Gasteiger partial charge in [0.15, 0.2) is 0 Å². The van der Waals surface area contributed by atoms with Gasteiger partial charge in [-0.1, -0.05) is 36.2 Å². The molecule has 1 N–H and O–H groups in total. The molecule has 0 aliphatic heterocycles. The first-order chi connectivity index (χ1) is 9.10. The lowest BCUT2D eigenvalue weighted by Crippen LogP contribution is -2.09. The fourth-order valence-electron chi connectivity index (χ4n) is 1.82. The van der Waals surface area contributed by atoms with Gasteiger partial charge < -0.3 is 5.32 Å². The van der Waals surface area contributed by atoms with E-state index in [-0.39, 0.29) is 6.04 Å². The molecule has 0 aliphatic carbocycles. The highest BCUT2D eigenvalue weighted by molar-refractivity contribution is 6.35. The van der Waals surface area contributed by atoms with Crippen molar-refractivity contribution in [2.45, 2.75) is 26.3 Å². The molecule has 0 fully saturated rings. The average Bonchev–Trinajstić information content (AvgIpc) is 2.38. The number of aromatic nitrogens is 2. The number of nitrogens with zero attached hydrogens (tertiary/aromatic N) is 2. The van der Waals surface area contributed by atoms with Crippen LogP contribution in [-0.4, -0.2) is 9.97 Å². The third-order valence-corrected chi connectivity index (χ3v) is 3.44. The Hall–Kier alpha value is -1.32. The summed E-state index contributed by atoms with van der Waals surface area (Å²) in [7, 11) is 0. The van der Waals surface area contributed by atoms with Gasteiger partial charge in [0.25, 0.3) is 0 Å². The molecule has 1 atom stereocenters. The Balaban J connectivity index is 2.17. The molecule has 2 aromatic rings. The van der Waals surface area contributed by atoms with Gasteiger partial charge in [-0.15, -0.1) is 0 Å². The SMILES string of the molecule is CCc1cc(NC(C)c2ccc(Cl)cc2Cl)ncn1. The fourth-order valence-corrected chi connectivity index (χ4v) is 2.39. The zero-order valence-electron chi connectivity index (χ0n) is 10.8. The van der Waals surface area contributed by atoms with Crippen LogP contribution in [0.1, 0.15) is 31.1 Å². The summed E-state index contributed by atoms with van der Waals surface area (Å²) in [5.41, 5.74) is 2.00. The summed E-state index contributed by atoms with van der Waals surface area (Å²) in [6.07, 6.45) is 2.45. The van der Waals surface area contributed by atoms with Crippen molar-refractivity contribution in [3.8, 4) is 0 Å². The van der Waals surface area contributed by atoms with Gasteiger partial charge in [-0.2, -0.15) is 0 Å². The van der Waals surface area contributed by atoms with E-state index in [1.807, 2.05) is 25.1 Å². The molecule has 1 heterocycles. The predicted octanol–water partition coefficient (Wildman–Crippen LogP) is 4.52. The third kappa shape index (κ3) is 3.58. The smallest absolute Gasteiger partial charge is 0.130 e. The molecule has 0 bridgehead atoms. The summed E-state index contributed by atoms with van der Waals surface area (Å²) in [5.74, 6) is 0.797. The van der Waals surface area contributed by atoms with Gasteiger partial charge in [-0.3, -0.25) is 0 Å². The normalized spacial score (nSPS) is 12.2. The van der Waals surface area contributed by atoms with E-state index in [1.54, 1.807) is 12.4 Å². The topological polar surface area (TPSA) is 37.8 Å². The van der Waals surface area contributed by atoms with Gasteiger partial charge in [-0.05, 0) is 31.0 Å². The molecule has 100 valence electrons. The van der Waals surface area contributed by atoms with Crippen molar-refractivity contribution < 1.29 is 0 Å². The monoisotopic (exact) mass is 295 g/mol. The van der Waals surface area contributed by atoms with Crippen LogP contribution < -0.4 is 5.32 Å². The second kappa shape index (κ2) is 6.22. The molecule has 0 spiro atoms. The van der Waals surface area contributed by atoms with Crippen LogP contribution in [0.15, 0.2) is 30.6 Å². The molecule has 0 saturated carbocycles. The van der Waals surface area contributed by atoms with E-state index in [9.17, 15) is 0 Å². The van der Waals surface area contributed by atoms with Crippen LogP contribution in [0.4, 0.5) is 5.82 Å². The van der Waals surface area contributed by atoms with Crippen molar-refractivity contribution in [2.24, 2.45) is 0 Å². The second-order valence-electron chi connectivity index (χ2n) is 4.28. The van der Waals surface area contributed by atoms with Crippen LogP contribution in [-0.2, 0) is 6.42 Å². The number of anilines is 1.